The molecule has 0 aliphatic carbocycles. The zero-order valence-corrected chi connectivity index (χ0v) is 14.2. The van der Waals surface area contributed by atoms with E-state index in [1.165, 1.54) is 0 Å². The van der Waals surface area contributed by atoms with E-state index in [-0.39, 0.29) is 12.6 Å². The van der Waals surface area contributed by atoms with Crippen molar-refractivity contribution in [2.24, 2.45) is 0 Å². The van der Waals surface area contributed by atoms with Gasteiger partial charge in [-0.25, -0.2) is 26.3 Å². The summed E-state index contributed by atoms with van der Waals surface area (Å²) < 4.78 is 66.3. The van der Waals surface area contributed by atoms with Crippen molar-refractivity contribution in [2.75, 3.05) is 0 Å². The molecular weight excluding hydrogens is 363 g/mol. The van der Waals surface area contributed by atoms with Gasteiger partial charge in [0, 0.05) is 12.6 Å². The quantitative estimate of drug-likeness (QED) is 0.676. The summed E-state index contributed by atoms with van der Waals surface area (Å²) in [6.45, 7) is -0.115. The SMILES string of the molecule is O=S(=O)(NCc1ccc(-c2ccccc2)cc1)c1cc(F)c(F)cc1F. The molecule has 3 aromatic rings. The Labute approximate surface area is 149 Å². The smallest absolute Gasteiger partial charge is 0.207 e. The van der Waals surface area contributed by atoms with Gasteiger partial charge >= 0.3 is 0 Å². The van der Waals surface area contributed by atoms with Gasteiger partial charge in [0.05, 0.1) is 0 Å². The fourth-order valence-corrected chi connectivity index (χ4v) is 3.50. The van der Waals surface area contributed by atoms with Gasteiger partial charge in [0.2, 0.25) is 10.0 Å². The van der Waals surface area contributed by atoms with Gasteiger partial charge in [0.25, 0.3) is 0 Å². The van der Waals surface area contributed by atoms with Crippen molar-refractivity contribution >= 4 is 10.0 Å². The maximum Gasteiger partial charge on any atom is 0.243 e. The van der Waals surface area contributed by atoms with Crippen molar-refractivity contribution in [1.82, 2.24) is 4.72 Å². The van der Waals surface area contributed by atoms with Crippen LogP contribution in [0.5, 0.6) is 0 Å². The van der Waals surface area contributed by atoms with Crippen LogP contribution in [-0.2, 0) is 16.6 Å². The maximum absolute atomic E-state index is 13.7. The minimum absolute atomic E-state index is 0.115. The molecule has 1 N–H and O–H groups in total. The van der Waals surface area contributed by atoms with Gasteiger partial charge in [-0.05, 0) is 22.8 Å². The van der Waals surface area contributed by atoms with Crippen LogP contribution in [0.3, 0.4) is 0 Å². The highest BCUT2D eigenvalue weighted by Crippen LogP contribution is 2.21. The Kier molecular flexibility index (Phi) is 5.11. The normalized spacial score (nSPS) is 11.5. The number of hydrogen-bond donors (Lipinski definition) is 1. The molecule has 3 nitrogen and oxygen atoms in total. The lowest BCUT2D eigenvalue weighted by atomic mass is 10.0. The standard InChI is InChI=1S/C19H14F3NO2S/c20-16-10-18(22)19(11-17(16)21)26(24,25)23-12-13-6-8-15(9-7-13)14-4-2-1-3-5-14/h1-11,23H,12H2. The van der Waals surface area contributed by atoms with Gasteiger partial charge in [0.1, 0.15) is 10.7 Å². The highest BCUT2D eigenvalue weighted by Gasteiger charge is 2.21. The van der Waals surface area contributed by atoms with Crippen LogP contribution in [0.4, 0.5) is 13.2 Å². The van der Waals surface area contributed by atoms with Gasteiger partial charge < -0.3 is 0 Å². The molecule has 0 atom stereocenters. The summed E-state index contributed by atoms with van der Waals surface area (Å²) in [7, 11) is -4.32. The van der Waals surface area contributed by atoms with E-state index in [1.54, 1.807) is 12.1 Å². The first kappa shape index (κ1) is 18.2. The van der Waals surface area contributed by atoms with Crippen molar-refractivity contribution in [1.29, 1.82) is 0 Å². The summed E-state index contributed by atoms with van der Waals surface area (Å²) in [5, 5.41) is 0. The topological polar surface area (TPSA) is 46.2 Å². The predicted molar refractivity (Wildman–Crippen MR) is 92.2 cm³/mol. The van der Waals surface area contributed by atoms with E-state index in [0.29, 0.717) is 11.6 Å². The van der Waals surface area contributed by atoms with Gasteiger partial charge in [-0.2, -0.15) is 0 Å². The molecule has 0 heterocycles. The third-order valence-corrected chi connectivity index (χ3v) is 5.21. The summed E-state index contributed by atoms with van der Waals surface area (Å²) >= 11 is 0. The van der Waals surface area contributed by atoms with E-state index in [9.17, 15) is 21.6 Å². The van der Waals surface area contributed by atoms with Crippen LogP contribution in [-0.4, -0.2) is 8.42 Å². The molecule has 0 aliphatic heterocycles. The zero-order chi connectivity index (χ0) is 18.7. The van der Waals surface area contributed by atoms with Gasteiger partial charge in [0.15, 0.2) is 11.6 Å². The predicted octanol–water partition coefficient (Wildman–Crippen LogP) is 4.25. The average molecular weight is 377 g/mol. The fraction of sp³-hybridized carbons (Fsp3) is 0.0526. The molecule has 0 saturated carbocycles. The lowest BCUT2D eigenvalue weighted by Crippen LogP contribution is -2.24. The highest BCUT2D eigenvalue weighted by atomic mass is 32.2. The minimum atomic E-state index is -4.32. The number of rotatable bonds is 5. The van der Waals surface area contributed by atoms with Crippen molar-refractivity contribution < 1.29 is 21.6 Å². The van der Waals surface area contributed by atoms with Crippen molar-refractivity contribution in [3.05, 3.63) is 89.7 Å². The number of benzene rings is 3. The molecular formula is C19H14F3NO2S. The molecule has 26 heavy (non-hydrogen) atoms. The van der Waals surface area contributed by atoms with Gasteiger partial charge in [-0.3, -0.25) is 0 Å². The second-order valence-corrected chi connectivity index (χ2v) is 7.32. The first-order valence-corrected chi connectivity index (χ1v) is 9.14. The molecule has 3 rings (SSSR count). The van der Waals surface area contributed by atoms with E-state index in [4.69, 9.17) is 0 Å². The minimum Gasteiger partial charge on any atom is -0.207 e. The maximum atomic E-state index is 13.7. The number of nitrogens with one attached hydrogen (secondary N) is 1. The van der Waals surface area contributed by atoms with Crippen LogP contribution < -0.4 is 4.72 Å². The van der Waals surface area contributed by atoms with Crippen LogP contribution >= 0.6 is 0 Å². The van der Waals surface area contributed by atoms with Crippen molar-refractivity contribution in [3.63, 3.8) is 0 Å². The lowest BCUT2D eigenvalue weighted by Gasteiger charge is -2.09. The van der Waals surface area contributed by atoms with Gasteiger partial charge in [-0.1, -0.05) is 54.6 Å². The largest absolute Gasteiger partial charge is 0.243 e. The van der Waals surface area contributed by atoms with Crippen LogP contribution in [0.2, 0.25) is 0 Å². The lowest BCUT2D eigenvalue weighted by molar-refractivity contribution is 0.481. The summed E-state index contributed by atoms with van der Waals surface area (Å²) in [5.41, 5.74) is 2.61. The van der Waals surface area contributed by atoms with E-state index in [2.05, 4.69) is 4.72 Å². The van der Waals surface area contributed by atoms with E-state index in [1.807, 2.05) is 42.5 Å². The Balaban J connectivity index is 1.75. The number of halogens is 3. The van der Waals surface area contributed by atoms with E-state index < -0.39 is 32.4 Å². The summed E-state index contributed by atoms with van der Waals surface area (Å²) in [6, 6.07) is 17.3. The number of sulfonamides is 1. The summed E-state index contributed by atoms with van der Waals surface area (Å²) in [4.78, 5) is -0.933. The third-order valence-electron chi connectivity index (χ3n) is 3.79. The second-order valence-electron chi connectivity index (χ2n) is 5.58. The van der Waals surface area contributed by atoms with Crippen molar-refractivity contribution in [3.8, 4) is 11.1 Å². The molecule has 0 spiro atoms. The molecule has 0 fully saturated rings. The Hall–Kier alpha value is -2.64. The molecule has 0 amide bonds. The second kappa shape index (κ2) is 7.31. The van der Waals surface area contributed by atoms with Crippen LogP contribution in [0.1, 0.15) is 5.56 Å². The molecule has 134 valence electrons. The average Bonchev–Trinajstić information content (AvgIpc) is 2.64. The first-order valence-electron chi connectivity index (χ1n) is 7.65. The zero-order valence-electron chi connectivity index (χ0n) is 13.4. The molecule has 0 aliphatic rings. The Bertz CT molecular complexity index is 1020. The molecule has 0 unspecified atom stereocenters. The molecule has 0 aromatic heterocycles. The molecule has 7 heteroatoms. The highest BCUT2D eigenvalue weighted by molar-refractivity contribution is 7.89. The molecule has 0 saturated heterocycles. The summed E-state index contributed by atoms with van der Waals surface area (Å²) in [5.74, 6) is -4.23. The van der Waals surface area contributed by atoms with Crippen molar-refractivity contribution in [2.45, 2.75) is 11.4 Å². The van der Waals surface area contributed by atoms with Crippen LogP contribution in [0, 0.1) is 17.5 Å². The Morgan fingerprint density at radius 3 is 1.96 bits per heavy atom. The Morgan fingerprint density at radius 2 is 1.31 bits per heavy atom. The molecule has 0 bridgehead atoms. The Morgan fingerprint density at radius 1 is 0.731 bits per heavy atom. The van der Waals surface area contributed by atoms with Crippen LogP contribution in [0.25, 0.3) is 11.1 Å². The van der Waals surface area contributed by atoms with E-state index >= 15 is 0 Å². The first-order chi connectivity index (χ1) is 12.4. The number of hydrogen-bond acceptors (Lipinski definition) is 2. The molecule has 0 radical (unpaired) electrons. The van der Waals surface area contributed by atoms with Crippen LogP contribution in [0.15, 0.2) is 71.6 Å². The monoisotopic (exact) mass is 377 g/mol. The summed E-state index contributed by atoms with van der Waals surface area (Å²) in [6.07, 6.45) is 0. The van der Waals surface area contributed by atoms with E-state index in [0.717, 1.165) is 11.1 Å². The fourth-order valence-electron chi connectivity index (χ4n) is 2.41. The molecule has 3 aromatic carbocycles. The third kappa shape index (κ3) is 3.95. The van der Waals surface area contributed by atoms with Gasteiger partial charge in [-0.15, -0.1) is 0 Å².